The van der Waals surface area contributed by atoms with Crippen molar-refractivity contribution < 1.29 is 23.8 Å². The van der Waals surface area contributed by atoms with E-state index in [1.54, 1.807) is 20.8 Å². The van der Waals surface area contributed by atoms with Crippen molar-refractivity contribution in [2.75, 3.05) is 13.7 Å². The summed E-state index contributed by atoms with van der Waals surface area (Å²) in [6.45, 7) is 11.2. The van der Waals surface area contributed by atoms with Gasteiger partial charge in [0.1, 0.15) is 12.2 Å². The molecule has 0 aliphatic carbocycles. The molecule has 0 saturated carbocycles. The zero-order valence-corrected chi connectivity index (χ0v) is 16.7. The Morgan fingerprint density at radius 3 is 2.08 bits per heavy atom. The SMILES string of the molecule is C#Cc1c(C)c(COCC(=O)OC(C)(C)C)c(C)c(CC(=O)OC)c1C. The van der Waals surface area contributed by atoms with Crippen molar-refractivity contribution in [3.05, 3.63) is 33.4 Å². The van der Waals surface area contributed by atoms with E-state index in [0.29, 0.717) is 0 Å². The summed E-state index contributed by atoms with van der Waals surface area (Å²) in [5.74, 6) is 1.94. The average Bonchev–Trinajstić information content (AvgIpc) is 2.53. The zero-order chi connectivity index (χ0) is 20.1. The first-order valence-corrected chi connectivity index (χ1v) is 8.46. The highest BCUT2D eigenvalue weighted by Gasteiger charge is 2.20. The molecule has 0 fully saturated rings. The first kappa shape index (κ1) is 21.7. The van der Waals surface area contributed by atoms with Crippen LogP contribution in [0.2, 0.25) is 0 Å². The minimum atomic E-state index is -0.555. The van der Waals surface area contributed by atoms with E-state index in [1.165, 1.54) is 7.11 Å². The lowest BCUT2D eigenvalue weighted by molar-refractivity contribution is -0.160. The molecule has 1 aromatic rings. The molecule has 0 aliphatic heterocycles. The molecule has 0 amide bonds. The normalized spacial score (nSPS) is 11.0. The van der Waals surface area contributed by atoms with E-state index in [0.717, 1.165) is 33.4 Å². The van der Waals surface area contributed by atoms with Crippen molar-refractivity contribution in [3.8, 4) is 12.3 Å². The Morgan fingerprint density at radius 2 is 1.58 bits per heavy atom. The Morgan fingerprint density at radius 1 is 1.00 bits per heavy atom. The van der Waals surface area contributed by atoms with E-state index in [2.05, 4.69) is 5.92 Å². The molecule has 0 atom stereocenters. The smallest absolute Gasteiger partial charge is 0.332 e. The summed E-state index contributed by atoms with van der Waals surface area (Å²) in [6.07, 6.45) is 5.81. The summed E-state index contributed by atoms with van der Waals surface area (Å²) in [5, 5.41) is 0. The first-order valence-electron chi connectivity index (χ1n) is 8.46. The van der Waals surface area contributed by atoms with E-state index in [4.69, 9.17) is 20.6 Å². The Hall–Kier alpha value is -2.32. The van der Waals surface area contributed by atoms with Crippen molar-refractivity contribution >= 4 is 11.9 Å². The maximum atomic E-state index is 11.8. The van der Waals surface area contributed by atoms with Crippen molar-refractivity contribution in [1.29, 1.82) is 0 Å². The summed E-state index contributed by atoms with van der Waals surface area (Å²) in [5.41, 5.74) is 4.64. The van der Waals surface area contributed by atoms with Crippen LogP contribution in [0.25, 0.3) is 0 Å². The molecule has 0 bridgehead atoms. The minimum Gasteiger partial charge on any atom is -0.469 e. The van der Waals surface area contributed by atoms with Gasteiger partial charge < -0.3 is 14.2 Å². The predicted octanol–water partition coefficient (Wildman–Crippen LogP) is 3.17. The number of carbonyl (C=O) groups excluding carboxylic acids is 2. The van der Waals surface area contributed by atoms with E-state index < -0.39 is 11.6 Å². The molecule has 1 rings (SSSR count). The fraction of sp³-hybridized carbons (Fsp3) is 0.524. The van der Waals surface area contributed by atoms with Gasteiger partial charge in [-0.2, -0.15) is 0 Å². The van der Waals surface area contributed by atoms with Crippen LogP contribution in [-0.2, 0) is 36.8 Å². The number of hydrogen-bond acceptors (Lipinski definition) is 5. The molecule has 5 heteroatoms. The van der Waals surface area contributed by atoms with Crippen molar-refractivity contribution in [2.24, 2.45) is 0 Å². The molecule has 0 N–H and O–H groups in total. The van der Waals surface area contributed by atoms with Crippen LogP contribution in [0.4, 0.5) is 0 Å². The number of methoxy groups -OCH3 is 1. The van der Waals surface area contributed by atoms with Crippen LogP contribution in [0, 0.1) is 33.1 Å². The quantitative estimate of drug-likeness (QED) is 0.576. The highest BCUT2D eigenvalue weighted by molar-refractivity contribution is 5.75. The maximum Gasteiger partial charge on any atom is 0.332 e. The third-order valence-corrected chi connectivity index (χ3v) is 4.14. The van der Waals surface area contributed by atoms with Crippen LogP contribution in [-0.4, -0.2) is 31.3 Å². The molecule has 5 nitrogen and oxygen atoms in total. The third-order valence-electron chi connectivity index (χ3n) is 4.14. The van der Waals surface area contributed by atoms with Gasteiger partial charge in [-0.1, -0.05) is 5.92 Å². The summed E-state index contributed by atoms with van der Waals surface area (Å²) < 4.78 is 15.6. The number of hydrogen-bond donors (Lipinski definition) is 0. The Balaban J connectivity index is 3.07. The summed E-state index contributed by atoms with van der Waals surface area (Å²) in [6, 6.07) is 0. The van der Waals surface area contributed by atoms with Crippen LogP contribution in [0.15, 0.2) is 0 Å². The molecule has 142 valence electrons. The van der Waals surface area contributed by atoms with E-state index in [1.807, 2.05) is 20.8 Å². The van der Waals surface area contributed by atoms with Crippen molar-refractivity contribution in [3.63, 3.8) is 0 Å². The molecule has 0 aromatic heterocycles. The van der Waals surface area contributed by atoms with Crippen molar-refractivity contribution in [1.82, 2.24) is 0 Å². The lowest BCUT2D eigenvalue weighted by Crippen LogP contribution is -2.26. The monoisotopic (exact) mass is 360 g/mol. The molecule has 0 aliphatic rings. The van der Waals surface area contributed by atoms with Crippen LogP contribution >= 0.6 is 0 Å². The maximum absolute atomic E-state index is 11.8. The van der Waals surface area contributed by atoms with Gasteiger partial charge in [0.05, 0.1) is 20.1 Å². The molecule has 1 aromatic carbocycles. The number of esters is 2. The molecule has 0 heterocycles. The van der Waals surface area contributed by atoms with Gasteiger partial charge in [-0.15, -0.1) is 6.42 Å². The first-order chi connectivity index (χ1) is 12.0. The van der Waals surface area contributed by atoms with Gasteiger partial charge in [-0.3, -0.25) is 4.79 Å². The van der Waals surface area contributed by atoms with Crippen LogP contribution in [0.1, 0.15) is 54.2 Å². The highest BCUT2D eigenvalue weighted by Crippen LogP contribution is 2.28. The average molecular weight is 360 g/mol. The van der Waals surface area contributed by atoms with Gasteiger partial charge in [-0.25, -0.2) is 4.79 Å². The number of benzene rings is 1. The molecule has 0 spiro atoms. The largest absolute Gasteiger partial charge is 0.469 e. The van der Waals surface area contributed by atoms with Gasteiger partial charge in [0.2, 0.25) is 0 Å². The fourth-order valence-electron chi connectivity index (χ4n) is 2.85. The third kappa shape index (κ3) is 5.60. The molecular formula is C21H28O5. The van der Waals surface area contributed by atoms with Crippen LogP contribution in [0.3, 0.4) is 0 Å². The fourth-order valence-corrected chi connectivity index (χ4v) is 2.85. The standard InChI is InChI=1S/C21H28O5/c1-9-16-13(2)17(10-19(22)24-8)15(4)18(14(16)3)11-25-12-20(23)26-21(5,6)7/h1H,10-12H2,2-8H3. The van der Waals surface area contributed by atoms with Gasteiger partial charge in [0.15, 0.2) is 0 Å². The number of ether oxygens (including phenoxy) is 3. The Kier molecular flexibility index (Phi) is 7.41. The van der Waals surface area contributed by atoms with Gasteiger partial charge in [0, 0.05) is 5.56 Å². The molecule has 0 unspecified atom stereocenters. The molecule has 0 saturated heterocycles. The number of rotatable bonds is 6. The van der Waals surface area contributed by atoms with Crippen LogP contribution < -0.4 is 0 Å². The van der Waals surface area contributed by atoms with Gasteiger partial charge in [0.25, 0.3) is 0 Å². The molecular weight excluding hydrogens is 332 g/mol. The van der Waals surface area contributed by atoms with Gasteiger partial charge in [-0.05, 0) is 69.4 Å². The second-order valence-corrected chi connectivity index (χ2v) is 7.18. The Bertz CT molecular complexity index is 732. The molecule has 0 radical (unpaired) electrons. The number of carbonyl (C=O) groups is 2. The molecule has 26 heavy (non-hydrogen) atoms. The second kappa shape index (κ2) is 8.86. The van der Waals surface area contributed by atoms with E-state index >= 15 is 0 Å². The lowest BCUT2D eigenvalue weighted by atomic mass is 9.87. The summed E-state index contributed by atoms with van der Waals surface area (Å²) >= 11 is 0. The van der Waals surface area contributed by atoms with E-state index in [-0.39, 0.29) is 25.6 Å². The zero-order valence-electron chi connectivity index (χ0n) is 16.7. The second-order valence-electron chi connectivity index (χ2n) is 7.18. The van der Waals surface area contributed by atoms with E-state index in [9.17, 15) is 9.59 Å². The highest BCUT2D eigenvalue weighted by atomic mass is 16.6. The van der Waals surface area contributed by atoms with Crippen LogP contribution in [0.5, 0.6) is 0 Å². The van der Waals surface area contributed by atoms with Crippen molar-refractivity contribution in [2.45, 2.75) is 60.2 Å². The minimum absolute atomic E-state index is 0.141. The topological polar surface area (TPSA) is 61.8 Å². The summed E-state index contributed by atoms with van der Waals surface area (Å²) in [4.78, 5) is 23.6. The number of terminal acetylenes is 1. The summed E-state index contributed by atoms with van der Waals surface area (Å²) in [7, 11) is 1.36. The lowest BCUT2D eigenvalue weighted by Gasteiger charge is -2.21. The van der Waals surface area contributed by atoms with Gasteiger partial charge >= 0.3 is 11.9 Å². The predicted molar refractivity (Wildman–Crippen MR) is 99.8 cm³/mol. The Labute approximate surface area is 156 Å².